The van der Waals surface area contributed by atoms with Crippen LogP contribution in [0.2, 0.25) is 0 Å². The van der Waals surface area contributed by atoms with Crippen molar-refractivity contribution in [3.63, 3.8) is 0 Å². The van der Waals surface area contributed by atoms with Gasteiger partial charge in [-0.15, -0.1) is 0 Å². The van der Waals surface area contributed by atoms with Gasteiger partial charge >= 0.3 is 12.4 Å². The van der Waals surface area contributed by atoms with Gasteiger partial charge in [-0.3, -0.25) is 14.5 Å². The van der Waals surface area contributed by atoms with Gasteiger partial charge in [0.15, 0.2) is 6.04 Å². The lowest BCUT2D eigenvalue weighted by molar-refractivity contribution is -0.224. The predicted molar refractivity (Wildman–Crippen MR) is 140 cm³/mol. The zero-order valence-electron chi connectivity index (χ0n) is 23.4. The van der Waals surface area contributed by atoms with E-state index in [-0.39, 0.29) is 22.7 Å². The summed E-state index contributed by atoms with van der Waals surface area (Å²) in [6.07, 6.45) is -12.4. The summed E-state index contributed by atoms with van der Waals surface area (Å²) < 4.78 is 113. The van der Waals surface area contributed by atoms with E-state index in [4.69, 9.17) is 14.2 Å². The standard InChI is InChI=1S/C28H31F7N5O3/c1-17(19-13-20(27(30,31)32)15-21(14-19)28(33,34)35)43-26-24(18-3-5-22(29)6-4-18)40(2,9-12-42-26)25-23(36-38-37-25)16-39-7-10-41-11-8-39/h3-6,13-15,17,24,26H,7-12,16H2,1-2H3,(H,36,37,38)/q+1/t17-,24+,26-,40?/m1/s1. The van der Waals surface area contributed by atoms with Gasteiger partial charge in [-0.25, -0.2) is 4.39 Å². The Morgan fingerprint density at radius 1 is 1.00 bits per heavy atom. The van der Waals surface area contributed by atoms with Crippen LogP contribution in [0.5, 0.6) is 0 Å². The number of nitrogens with zero attached hydrogens (tertiary/aromatic N) is 4. The molecule has 15 heteroatoms. The van der Waals surface area contributed by atoms with Crippen LogP contribution in [0.4, 0.5) is 36.6 Å². The minimum absolute atomic E-state index is 0.0651. The number of nitrogens with one attached hydrogen (secondary N) is 1. The molecule has 3 heterocycles. The number of quaternary nitrogens is 1. The van der Waals surface area contributed by atoms with Gasteiger partial charge in [0.05, 0.1) is 44.1 Å². The lowest BCUT2D eigenvalue weighted by Crippen LogP contribution is -2.60. The van der Waals surface area contributed by atoms with Crippen molar-refractivity contribution in [1.29, 1.82) is 0 Å². The van der Waals surface area contributed by atoms with Crippen molar-refractivity contribution in [2.75, 3.05) is 46.5 Å². The van der Waals surface area contributed by atoms with Crippen LogP contribution in [-0.2, 0) is 33.1 Å². The maximum absolute atomic E-state index is 13.9. The number of hydrogen-bond donors (Lipinski definition) is 1. The quantitative estimate of drug-likeness (QED) is 0.274. The maximum Gasteiger partial charge on any atom is 0.416 e. The molecule has 2 aliphatic heterocycles. The molecule has 234 valence electrons. The average Bonchev–Trinajstić information content (AvgIpc) is 3.42. The monoisotopic (exact) mass is 618 g/mol. The van der Waals surface area contributed by atoms with Crippen molar-refractivity contribution in [2.24, 2.45) is 0 Å². The summed E-state index contributed by atoms with van der Waals surface area (Å²) in [6, 6.07) is 6.22. The van der Waals surface area contributed by atoms with Crippen LogP contribution >= 0.6 is 0 Å². The first kappa shape index (κ1) is 31.3. The molecule has 1 aromatic heterocycles. The Balaban J connectivity index is 1.51. The second-order valence-corrected chi connectivity index (χ2v) is 10.8. The number of hydrogen-bond acceptors (Lipinski definition) is 6. The molecule has 1 N–H and O–H groups in total. The summed E-state index contributed by atoms with van der Waals surface area (Å²) in [6.45, 7) is 4.91. The summed E-state index contributed by atoms with van der Waals surface area (Å²) in [5, 5.41) is 11.4. The number of aromatic nitrogens is 3. The average molecular weight is 619 g/mol. The first-order chi connectivity index (χ1) is 20.3. The summed E-state index contributed by atoms with van der Waals surface area (Å²) >= 11 is 0. The van der Waals surface area contributed by atoms with Gasteiger partial charge in [0.1, 0.15) is 18.1 Å². The van der Waals surface area contributed by atoms with Crippen LogP contribution in [0.1, 0.15) is 47.0 Å². The maximum atomic E-state index is 13.9. The third-order valence-electron chi connectivity index (χ3n) is 7.91. The second kappa shape index (κ2) is 12.1. The summed E-state index contributed by atoms with van der Waals surface area (Å²) in [5.74, 6) is 0.0717. The minimum atomic E-state index is -5.01. The highest BCUT2D eigenvalue weighted by Gasteiger charge is 2.50. The fourth-order valence-corrected chi connectivity index (χ4v) is 5.59. The first-order valence-electron chi connectivity index (χ1n) is 13.6. The topological polar surface area (TPSA) is 72.5 Å². The van der Waals surface area contributed by atoms with Crippen LogP contribution in [-0.4, -0.2) is 73.1 Å². The van der Waals surface area contributed by atoms with Crippen LogP contribution in [0.3, 0.4) is 0 Å². The molecular weight excluding hydrogens is 587 g/mol. The fraction of sp³-hybridized carbons (Fsp3) is 0.500. The molecule has 8 nitrogen and oxygen atoms in total. The molecule has 0 aliphatic carbocycles. The van der Waals surface area contributed by atoms with Crippen molar-refractivity contribution in [2.45, 2.75) is 44.3 Å². The molecule has 2 saturated heterocycles. The summed E-state index contributed by atoms with van der Waals surface area (Å²) in [4.78, 5) is 2.17. The molecule has 43 heavy (non-hydrogen) atoms. The third kappa shape index (κ3) is 6.85. The molecule has 0 spiro atoms. The molecule has 3 aromatic rings. The zero-order chi connectivity index (χ0) is 31.0. The van der Waals surface area contributed by atoms with E-state index in [9.17, 15) is 30.7 Å². The Bertz CT molecular complexity index is 1360. The predicted octanol–water partition coefficient (Wildman–Crippen LogP) is 5.63. The number of aromatic amines is 1. The molecule has 2 aliphatic rings. The van der Waals surface area contributed by atoms with Crippen molar-refractivity contribution in [1.82, 2.24) is 24.8 Å². The minimum Gasteiger partial charge on any atom is -0.379 e. The van der Waals surface area contributed by atoms with Crippen molar-refractivity contribution < 1.29 is 44.9 Å². The van der Waals surface area contributed by atoms with Crippen molar-refractivity contribution in [3.8, 4) is 0 Å². The van der Waals surface area contributed by atoms with Crippen LogP contribution in [0.25, 0.3) is 0 Å². The summed E-state index contributed by atoms with van der Waals surface area (Å²) in [7, 11) is 1.87. The number of halogens is 7. The van der Waals surface area contributed by atoms with E-state index in [1.807, 2.05) is 7.05 Å². The van der Waals surface area contributed by atoms with E-state index in [1.54, 1.807) is 12.1 Å². The molecule has 5 rings (SSSR count). The van der Waals surface area contributed by atoms with E-state index in [0.717, 1.165) is 5.69 Å². The van der Waals surface area contributed by atoms with Gasteiger partial charge in [-0.05, 0) is 55.0 Å². The van der Waals surface area contributed by atoms with Crippen molar-refractivity contribution >= 4 is 5.82 Å². The largest absolute Gasteiger partial charge is 0.416 e. The van der Waals surface area contributed by atoms with Gasteiger partial charge < -0.3 is 14.2 Å². The Hall–Kier alpha value is -3.11. The van der Waals surface area contributed by atoms with E-state index < -0.39 is 47.7 Å². The van der Waals surface area contributed by atoms with Crippen molar-refractivity contribution in [3.05, 3.63) is 76.2 Å². The van der Waals surface area contributed by atoms with Gasteiger partial charge in [-0.1, -0.05) is 10.3 Å². The second-order valence-electron chi connectivity index (χ2n) is 10.8. The van der Waals surface area contributed by atoms with E-state index in [0.29, 0.717) is 62.9 Å². The van der Waals surface area contributed by atoms with E-state index in [2.05, 4.69) is 20.3 Å². The summed E-state index contributed by atoms with van der Waals surface area (Å²) in [5.41, 5.74) is -1.91. The molecule has 2 aromatic carbocycles. The van der Waals surface area contributed by atoms with Gasteiger partial charge in [0.25, 0.3) is 5.82 Å². The molecule has 4 atom stereocenters. The number of benzene rings is 2. The van der Waals surface area contributed by atoms with Crippen LogP contribution in [0.15, 0.2) is 42.5 Å². The number of H-pyrrole nitrogens is 1. The Morgan fingerprint density at radius 3 is 2.23 bits per heavy atom. The van der Waals surface area contributed by atoms with Crippen LogP contribution < -0.4 is 4.48 Å². The van der Waals surface area contributed by atoms with Crippen LogP contribution in [0, 0.1) is 5.82 Å². The Labute approximate surface area is 242 Å². The van der Waals surface area contributed by atoms with E-state index in [1.165, 1.54) is 19.1 Å². The van der Waals surface area contributed by atoms with Gasteiger partial charge in [-0.2, -0.15) is 26.3 Å². The normalized spacial score (nSPS) is 24.7. The third-order valence-corrected chi connectivity index (χ3v) is 7.91. The Morgan fingerprint density at radius 2 is 1.63 bits per heavy atom. The Kier molecular flexibility index (Phi) is 8.82. The number of morpholine rings is 2. The van der Waals surface area contributed by atoms with Gasteiger partial charge in [0, 0.05) is 25.2 Å². The SMILES string of the molecule is C[C@@H](O[C@H]1OCC[N+](C)(c2nn[nH]c2CN2CCOCC2)[C@H]1c1ccc(F)cc1)c1cc(C(F)(F)F)cc(C(F)(F)F)c1. The molecule has 1 unspecified atom stereocenters. The van der Waals surface area contributed by atoms with Gasteiger partial charge in [0.2, 0.25) is 6.29 Å². The number of rotatable bonds is 7. The highest BCUT2D eigenvalue weighted by atomic mass is 19.4. The molecular formula is C28H31F7N5O3+. The molecule has 0 saturated carbocycles. The number of likely N-dealkylation sites (N-methyl/N-ethyl adjacent to an activating group) is 1. The zero-order valence-corrected chi connectivity index (χ0v) is 23.4. The fourth-order valence-electron chi connectivity index (χ4n) is 5.59. The lowest BCUT2D eigenvalue weighted by Gasteiger charge is -2.46. The first-order valence-corrected chi connectivity index (χ1v) is 13.6. The van der Waals surface area contributed by atoms with E-state index >= 15 is 0 Å². The number of alkyl halides is 6. The molecule has 2 fully saturated rings. The smallest absolute Gasteiger partial charge is 0.379 e. The molecule has 0 bridgehead atoms. The highest BCUT2D eigenvalue weighted by molar-refractivity contribution is 5.42. The molecule has 0 radical (unpaired) electrons. The number of ether oxygens (including phenoxy) is 3. The highest BCUT2D eigenvalue weighted by Crippen LogP contribution is 2.43. The molecule has 0 amide bonds. The lowest BCUT2D eigenvalue weighted by atomic mass is 9.99.